The predicted molar refractivity (Wildman–Crippen MR) is 37.5 cm³/mol. The molecule has 56 valence electrons. The molecule has 0 heterocycles. The highest BCUT2D eigenvalue weighted by atomic mass is 32.2. The zero-order valence-corrected chi connectivity index (χ0v) is 7.53. The molecule has 0 aliphatic heterocycles. The fourth-order valence-corrected chi connectivity index (χ4v) is 3.14. The van der Waals surface area contributed by atoms with Crippen LogP contribution in [-0.2, 0) is 14.2 Å². The van der Waals surface area contributed by atoms with Gasteiger partial charge in [0, 0.05) is 0 Å². The molecule has 0 unspecified atom stereocenters. The molecule has 0 fully saturated rings. The largest absolute Gasteiger partial charge is 0.323 e. The van der Waals surface area contributed by atoms with E-state index in [2.05, 4.69) is 9.01 Å². The summed E-state index contributed by atoms with van der Waals surface area (Å²) in [5.41, 5.74) is 0. The average Bonchev–Trinajstić information content (AvgIpc) is 1.14. The van der Waals surface area contributed by atoms with Crippen molar-refractivity contribution >= 4 is 18.6 Å². The van der Waals surface area contributed by atoms with Gasteiger partial charge in [-0.3, -0.25) is 0 Å². The Kier molecular flexibility index (Phi) is 2.39. The summed E-state index contributed by atoms with van der Waals surface area (Å²) in [5.74, 6) is 0. The Balaban J connectivity index is 4.07. The van der Waals surface area contributed by atoms with Gasteiger partial charge in [-0.2, -0.15) is 8.42 Å². The van der Waals surface area contributed by atoms with Gasteiger partial charge in [0.1, 0.15) is 0 Å². The molecule has 0 aliphatic rings. The molecule has 0 bridgehead atoms. The van der Waals surface area contributed by atoms with E-state index in [9.17, 15) is 8.42 Å². The third kappa shape index (κ3) is 8.09. The SMILES string of the molecule is C[Si](C)(C)OS(N)(=O)=O. The van der Waals surface area contributed by atoms with Gasteiger partial charge >= 0.3 is 10.3 Å². The second-order valence-corrected chi connectivity index (χ2v) is 8.57. The number of hydrogen-bond donors (Lipinski definition) is 1. The summed E-state index contributed by atoms with van der Waals surface area (Å²) in [5, 5.41) is 4.61. The molecule has 0 aromatic heterocycles. The first-order valence-electron chi connectivity index (χ1n) is 2.44. The second-order valence-electron chi connectivity index (χ2n) is 2.69. The summed E-state index contributed by atoms with van der Waals surface area (Å²) in [4.78, 5) is 0. The smallest absolute Gasteiger partial charge is 0.304 e. The molecule has 9 heavy (non-hydrogen) atoms. The molecule has 0 spiro atoms. The molecular formula is C3H11NO3SSi. The quantitative estimate of drug-likeness (QED) is 0.593. The van der Waals surface area contributed by atoms with E-state index in [0.29, 0.717) is 0 Å². The van der Waals surface area contributed by atoms with E-state index in [1.807, 2.05) is 0 Å². The van der Waals surface area contributed by atoms with Crippen LogP contribution in [0.1, 0.15) is 0 Å². The number of nitrogens with two attached hydrogens (primary N) is 1. The Morgan fingerprint density at radius 2 is 1.67 bits per heavy atom. The lowest BCUT2D eigenvalue weighted by atomic mass is 11.8. The van der Waals surface area contributed by atoms with Crippen LogP contribution >= 0.6 is 0 Å². The summed E-state index contributed by atoms with van der Waals surface area (Å²) in [6, 6.07) is 0. The summed E-state index contributed by atoms with van der Waals surface area (Å²) >= 11 is 0. The lowest BCUT2D eigenvalue weighted by molar-refractivity contribution is 0.487. The monoisotopic (exact) mass is 169 g/mol. The molecule has 2 N–H and O–H groups in total. The van der Waals surface area contributed by atoms with Gasteiger partial charge in [0.25, 0.3) is 0 Å². The first-order chi connectivity index (χ1) is 3.71. The van der Waals surface area contributed by atoms with Gasteiger partial charge < -0.3 is 3.87 Å². The van der Waals surface area contributed by atoms with E-state index < -0.39 is 18.6 Å². The Bertz CT molecular complexity index is 180. The first kappa shape index (κ1) is 9.09. The van der Waals surface area contributed by atoms with E-state index in [-0.39, 0.29) is 0 Å². The van der Waals surface area contributed by atoms with Crippen LogP contribution in [0, 0.1) is 0 Å². The minimum absolute atomic E-state index is 1.75. The summed E-state index contributed by atoms with van der Waals surface area (Å²) in [6.45, 7) is 5.24. The third-order valence-electron chi connectivity index (χ3n) is 0.366. The predicted octanol–water partition coefficient (Wildman–Crippen LogP) is 0.0414. The van der Waals surface area contributed by atoms with Crippen molar-refractivity contribution < 1.29 is 12.3 Å². The Morgan fingerprint density at radius 1 is 1.33 bits per heavy atom. The molecule has 0 aliphatic carbocycles. The van der Waals surface area contributed by atoms with E-state index in [0.717, 1.165) is 0 Å². The van der Waals surface area contributed by atoms with Crippen LogP contribution in [0.2, 0.25) is 19.6 Å². The molecule has 6 heteroatoms. The van der Waals surface area contributed by atoms with Gasteiger partial charge in [-0.15, -0.1) is 0 Å². The van der Waals surface area contributed by atoms with E-state index >= 15 is 0 Å². The van der Waals surface area contributed by atoms with Crippen LogP contribution in [0.5, 0.6) is 0 Å². The fourth-order valence-electron chi connectivity index (χ4n) is 0.348. The third-order valence-corrected chi connectivity index (χ3v) is 3.30. The van der Waals surface area contributed by atoms with Crippen molar-refractivity contribution in [3.63, 3.8) is 0 Å². The Labute approximate surface area is 56.4 Å². The van der Waals surface area contributed by atoms with Crippen molar-refractivity contribution in [2.45, 2.75) is 19.6 Å². The summed E-state index contributed by atoms with van der Waals surface area (Å²) in [7, 11) is -5.73. The maximum atomic E-state index is 10.2. The van der Waals surface area contributed by atoms with Gasteiger partial charge in [-0.05, 0) is 19.6 Å². The normalized spacial score (nSPS) is 13.8. The van der Waals surface area contributed by atoms with Crippen LogP contribution in [0.25, 0.3) is 0 Å². The summed E-state index contributed by atoms with van der Waals surface area (Å²) in [6.07, 6.45) is 0. The van der Waals surface area contributed by atoms with Gasteiger partial charge in [0.05, 0.1) is 0 Å². The Hall–Kier alpha value is 0.0869. The topological polar surface area (TPSA) is 69.4 Å². The standard InChI is InChI=1S/C3H11NO3SSi/c1-9(2,3)7-8(4,5)6/h1-3H3,(H2,4,5,6). The molecule has 0 aromatic rings. The molecule has 0 amide bonds. The van der Waals surface area contributed by atoms with Crippen molar-refractivity contribution in [3.05, 3.63) is 0 Å². The van der Waals surface area contributed by atoms with Crippen molar-refractivity contribution in [2.75, 3.05) is 0 Å². The molecule has 0 saturated carbocycles. The minimum atomic E-state index is -3.72. The van der Waals surface area contributed by atoms with Crippen LogP contribution in [0.3, 0.4) is 0 Å². The number of hydrogen-bond acceptors (Lipinski definition) is 3. The zero-order chi connectivity index (χ0) is 7.71. The van der Waals surface area contributed by atoms with E-state index in [1.54, 1.807) is 19.6 Å². The molecule has 0 atom stereocenters. The van der Waals surface area contributed by atoms with Crippen molar-refractivity contribution in [1.29, 1.82) is 0 Å². The van der Waals surface area contributed by atoms with Gasteiger partial charge in [0.2, 0.25) is 8.32 Å². The lowest BCUT2D eigenvalue weighted by Crippen LogP contribution is -2.32. The maximum absolute atomic E-state index is 10.2. The fraction of sp³-hybridized carbons (Fsp3) is 1.00. The number of rotatable bonds is 2. The van der Waals surface area contributed by atoms with E-state index in [4.69, 9.17) is 0 Å². The average molecular weight is 169 g/mol. The van der Waals surface area contributed by atoms with E-state index in [1.165, 1.54) is 0 Å². The highest BCUT2D eigenvalue weighted by Crippen LogP contribution is 2.03. The highest BCUT2D eigenvalue weighted by molar-refractivity contribution is 7.85. The minimum Gasteiger partial charge on any atom is -0.304 e. The molecule has 0 aromatic carbocycles. The molecule has 0 radical (unpaired) electrons. The highest BCUT2D eigenvalue weighted by Gasteiger charge is 2.20. The molecule has 0 saturated heterocycles. The van der Waals surface area contributed by atoms with Crippen molar-refractivity contribution in [3.8, 4) is 0 Å². The van der Waals surface area contributed by atoms with Gasteiger partial charge in [0.15, 0.2) is 0 Å². The zero-order valence-electron chi connectivity index (χ0n) is 5.71. The Morgan fingerprint density at radius 3 is 1.67 bits per heavy atom. The van der Waals surface area contributed by atoms with Gasteiger partial charge in [-0.1, -0.05) is 0 Å². The van der Waals surface area contributed by atoms with Crippen molar-refractivity contribution in [1.82, 2.24) is 0 Å². The lowest BCUT2D eigenvalue weighted by Gasteiger charge is -2.13. The van der Waals surface area contributed by atoms with Crippen LogP contribution in [0.4, 0.5) is 0 Å². The van der Waals surface area contributed by atoms with Crippen LogP contribution < -0.4 is 5.14 Å². The molecule has 4 nitrogen and oxygen atoms in total. The maximum Gasteiger partial charge on any atom is 0.323 e. The van der Waals surface area contributed by atoms with Gasteiger partial charge in [-0.25, -0.2) is 5.14 Å². The first-order valence-corrected chi connectivity index (χ1v) is 7.32. The van der Waals surface area contributed by atoms with Crippen molar-refractivity contribution in [2.24, 2.45) is 5.14 Å². The molecular weight excluding hydrogens is 158 g/mol. The summed E-state index contributed by atoms with van der Waals surface area (Å²) < 4.78 is 25.0. The van der Waals surface area contributed by atoms with Crippen LogP contribution in [-0.4, -0.2) is 16.7 Å². The molecule has 0 rings (SSSR count). The van der Waals surface area contributed by atoms with Crippen LogP contribution in [0.15, 0.2) is 0 Å². The second kappa shape index (κ2) is 2.37.